The number of hydrogen-bond donors (Lipinski definition) is 1. The lowest BCUT2D eigenvalue weighted by molar-refractivity contribution is 0.172. The molecule has 0 saturated carbocycles. The minimum atomic E-state index is -0.156. The lowest BCUT2D eigenvalue weighted by Gasteiger charge is -2.40. The van der Waals surface area contributed by atoms with E-state index in [0.29, 0.717) is 0 Å². The molecule has 4 heteroatoms. The molecule has 1 fully saturated rings. The fraction of sp³-hybridized carbons (Fsp3) is 0.571. The Labute approximate surface area is 113 Å². The molecule has 18 heavy (non-hydrogen) atoms. The highest BCUT2D eigenvalue weighted by Crippen LogP contribution is 2.37. The number of rotatable bonds is 3. The van der Waals surface area contributed by atoms with Gasteiger partial charge in [-0.15, -0.1) is 11.8 Å². The van der Waals surface area contributed by atoms with Crippen molar-refractivity contribution in [1.82, 2.24) is 10.2 Å². The zero-order valence-corrected chi connectivity index (χ0v) is 12.1. The number of hydrogen-bond acceptors (Lipinski definition) is 3. The van der Waals surface area contributed by atoms with Gasteiger partial charge < -0.3 is 5.32 Å². The number of nitrogens with zero attached hydrogens (tertiary/aromatic N) is 1. The van der Waals surface area contributed by atoms with Crippen LogP contribution in [0, 0.1) is 12.7 Å². The van der Waals surface area contributed by atoms with Gasteiger partial charge in [-0.2, -0.15) is 0 Å². The molecule has 1 aliphatic rings. The van der Waals surface area contributed by atoms with Gasteiger partial charge in [0.25, 0.3) is 0 Å². The van der Waals surface area contributed by atoms with Crippen molar-refractivity contribution < 1.29 is 4.39 Å². The third-order valence-electron chi connectivity index (χ3n) is 3.38. The van der Waals surface area contributed by atoms with Crippen molar-refractivity contribution in [3.63, 3.8) is 0 Å². The summed E-state index contributed by atoms with van der Waals surface area (Å²) in [7, 11) is 0. The Morgan fingerprint density at radius 2 is 1.94 bits per heavy atom. The molecule has 0 bridgehead atoms. The van der Waals surface area contributed by atoms with E-state index in [0.717, 1.165) is 31.7 Å². The third-order valence-corrected chi connectivity index (χ3v) is 4.81. The van der Waals surface area contributed by atoms with Crippen LogP contribution in [0.25, 0.3) is 0 Å². The minimum absolute atomic E-state index is 0.0463. The molecule has 1 aromatic rings. The van der Waals surface area contributed by atoms with E-state index in [1.165, 1.54) is 4.90 Å². The molecule has 0 atom stereocenters. The van der Waals surface area contributed by atoms with Crippen LogP contribution >= 0.6 is 11.8 Å². The van der Waals surface area contributed by atoms with Crippen LogP contribution in [-0.4, -0.2) is 35.9 Å². The van der Waals surface area contributed by atoms with Crippen molar-refractivity contribution in [2.45, 2.75) is 30.5 Å². The van der Waals surface area contributed by atoms with Gasteiger partial charge in [-0.05, 0) is 44.5 Å². The molecule has 0 spiro atoms. The van der Waals surface area contributed by atoms with Gasteiger partial charge >= 0.3 is 0 Å². The molecule has 2 nitrogen and oxygen atoms in total. The predicted molar refractivity (Wildman–Crippen MR) is 75.5 cm³/mol. The molecule has 0 amide bonds. The van der Waals surface area contributed by atoms with Gasteiger partial charge in [-0.3, -0.25) is 4.90 Å². The molecule has 1 aliphatic heterocycles. The number of aryl methyl sites for hydroxylation is 1. The lowest BCUT2D eigenvalue weighted by atomic mass is 10.2. The van der Waals surface area contributed by atoms with Gasteiger partial charge in [0.2, 0.25) is 0 Å². The maximum atomic E-state index is 13.1. The van der Waals surface area contributed by atoms with E-state index in [-0.39, 0.29) is 10.7 Å². The van der Waals surface area contributed by atoms with Crippen LogP contribution in [0.2, 0.25) is 0 Å². The number of piperazine rings is 1. The van der Waals surface area contributed by atoms with Gasteiger partial charge in [0.1, 0.15) is 5.82 Å². The molecule has 0 aromatic heterocycles. The Kier molecular flexibility index (Phi) is 4.30. The summed E-state index contributed by atoms with van der Waals surface area (Å²) in [6.45, 7) is 10.7. The van der Waals surface area contributed by atoms with Gasteiger partial charge in [0, 0.05) is 31.1 Å². The van der Waals surface area contributed by atoms with E-state index >= 15 is 0 Å². The van der Waals surface area contributed by atoms with Crippen LogP contribution in [0.15, 0.2) is 23.1 Å². The second-order valence-electron chi connectivity index (χ2n) is 5.20. The fourth-order valence-corrected chi connectivity index (χ4v) is 3.47. The average molecular weight is 268 g/mol. The summed E-state index contributed by atoms with van der Waals surface area (Å²) in [6.07, 6.45) is 0. The number of halogens is 1. The normalized spacial score (nSPS) is 18.0. The molecular formula is C14H21FN2S. The van der Waals surface area contributed by atoms with Crippen LogP contribution < -0.4 is 5.32 Å². The smallest absolute Gasteiger partial charge is 0.123 e. The molecule has 2 rings (SSSR count). The van der Waals surface area contributed by atoms with E-state index in [1.807, 2.05) is 24.8 Å². The Hall–Kier alpha value is -0.580. The van der Waals surface area contributed by atoms with Crippen molar-refractivity contribution in [3.8, 4) is 0 Å². The molecule has 100 valence electrons. The number of thioether (sulfide) groups is 1. The second kappa shape index (κ2) is 5.59. The van der Waals surface area contributed by atoms with Crippen molar-refractivity contribution >= 4 is 11.8 Å². The summed E-state index contributed by atoms with van der Waals surface area (Å²) in [4.78, 5) is 3.70. The maximum absolute atomic E-state index is 13.1. The van der Waals surface area contributed by atoms with Crippen LogP contribution in [0.4, 0.5) is 4.39 Å². The summed E-state index contributed by atoms with van der Waals surface area (Å²) >= 11 is 1.82. The highest BCUT2D eigenvalue weighted by molar-refractivity contribution is 8.00. The highest BCUT2D eigenvalue weighted by Gasteiger charge is 2.29. The Morgan fingerprint density at radius 1 is 1.28 bits per heavy atom. The number of nitrogens with one attached hydrogen (secondary N) is 1. The van der Waals surface area contributed by atoms with Crippen molar-refractivity contribution in [3.05, 3.63) is 29.6 Å². The van der Waals surface area contributed by atoms with E-state index in [2.05, 4.69) is 24.1 Å². The monoisotopic (exact) mass is 268 g/mol. The second-order valence-corrected chi connectivity index (χ2v) is 6.84. The lowest BCUT2D eigenvalue weighted by Crippen LogP contribution is -2.51. The van der Waals surface area contributed by atoms with Gasteiger partial charge in [-0.25, -0.2) is 4.39 Å². The predicted octanol–water partition coefficient (Wildman–Crippen LogP) is 2.87. The molecule has 0 radical (unpaired) electrons. The SMILES string of the molecule is Cc1cc(F)ccc1SC(C)(C)N1CCNCC1. The van der Waals surface area contributed by atoms with Crippen LogP contribution in [0.1, 0.15) is 19.4 Å². The molecule has 0 aliphatic carbocycles. The van der Waals surface area contributed by atoms with Gasteiger partial charge in [0.05, 0.1) is 4.87 Å². The van der Waals surface area contributed by atoms with E-state index in [1.54, 1.807) is 12.1 Å². The topological polar surface area (TPSA) is 15.3 Å². The molecule has 1 heterocycles. The standard InChI is InChI=1S/C14H21FN2S/c1-11-10-12(15)4-5-13(11)18-14(2,3)17-8-6-16-7-9-17/h4-5,10,16H,6-9H2,1-3H3. The van der Waals surface area contributed by atoms with Crippen molar-refractivity contribution in [2.24, 2.45) is 0 Å². The summed E-state index contributed by atoms with van der Waals surface area (Å²) in [5, 5.41) is 3.37. The number of benzene rings is 1. The van der Waals surface area contributed by atoms with E-state index < -0.39 is 0 Å². The molecule has 1 N–H and O–H groups in total. The Morgan fingerprint density at radius 3 is 2.56 bits per heavy atom. The average Bonchev–Trinajstić information content (AvgIpc) is 2.34. The summed E-state index contributed by atoms with van der Waals surface area (Å²) in [5.41, 5.74) is 1.02. The largest absolute Gasteiger partial charge is 0.314 e. The zero-order valence-electron chi connectivity index (χ0n) is 11.3. The van der Waals surface area contributed by atoms with E-state index in [4.69, 9.17) is 0 Å². The third kappa shape index (κ3) is 3.25. The van der Waals surface area contributed by atoms with Gasteiger partial charge in [-0.1, -0.05) is 0 Å². The quantitative estimate of drug-likeness (QED) is 0.849. The van der Waals surface area contributed by atoms with Crippen molar-refractivity contribution in [1.29, 1.82) is 0 Å². The summed E-state index contributed by atoms with van der Waals surface area (Å²) in [6, 6.07) is 5.04. The first-order chi connectivity index (χ1) is 8.49. The molecule has 1 saturated heterocycles. The summed E-state index contributed by atoms with van der Waals surface area (Å²) in [5.74, 6) is -0.156. The van der Waals surface area contributed by atoms with E-state index in [9.17, 15) is 4.39 Å². The highest BCUT2D eigenvalue weighted by atomic mass is 32.2. The molecule has 1 aromatic carbocycles. The van der Waals surface area contributed by atoms with Crippen molar-refractivity contribution in [2.75, 3.05) is 26.2 Å². The minimum Gasteiger partial charge on any atom is -0.314 e. The first-order valence-corrected chi connectivity index (χ1v) is 7.21. The van der Waals surface area contributed by atoms with Crippen LogP contribution in [0.5, 0.6) is 0 Å². The molecule has 0 unspecified atom stereocenters. The first-order valence-electron chi connectivity index (χ1n) is 6.40. The zero-order chi connectivity index (χ0) is 13.2. The fourth-order valence-electron chi connectivity index (χ4n) is 2.26. The first kappa shape index (κ1) is 13.8. The Balaban J connectivity index is 2.10. The van der Waals surface area contributed by atoms with Crippen LogP contribution in [-0.2, 0) is 0 Å². The Bertz CT molecular complexity index is 414. The van der Waals surface area contributed by atoms with Crippen LogP contribution in [0.3, 0.4) is 0 Å². The maximum Gasteiger partial charge on any atom is 0.123 e. The van der Waals surface area contributed by atoms with Gasteiger partial charge in [0.15, 0.2) is 0 Å². The summed E-state index contributed by atoms with van der Waals surface area (Å²) < 4.78 is 13.1. The molecular weight excluding hydrogens is 247 g/mol.